The Labute approximate surface area is 151 Å². The Morgan fingerprint density at radius 3 is 2.81 bits per heavy atom. The summed E-state index contributed by atoms with van der Waals surface area (Å²) in [4.78, 5) is 30.0. The summed E-state index contributed by atoms with van der Waals surface area (Å²) >= 11 is 0. The maximum atomic E-state index is 12.4. The molecule has 1 aliphatic heterocycles. The Balaban J connectivity index is 1.90. The highest BCUT2D eigenvalue weighted by Crippen LogP contribution is 2.37. The second-order valence-electron chi connectivity index (χ2n) is 6.43. The van der Waals surface area contributed by atoms with Gasteiger partial charge in [-0.2, -0.15) is 0 Å². The van der Waals surface area contributed by atoms with Crippen LogP contribution in [0.3, 0.4) is 0 Å². The summed E-state index contributed by atoms with van der Waals surface area (Å²) < 4.78 is 5.62. The zero-order chi connectivity index (χ0) is 18.7. The number of hydrogen-bond acceptors (Lipinski definition) is 5. The molecule has 3 rings (SSSR count). The standard InChI is InChI=1S/C19H21N3O4/c1-12(2)21-18(24)19(25)22-6-7-26-17-15(11-22)8-14(9-16(17)23)13-4-3-5-20-10-13/h3-5,8-10,12,23H,6-7,11H2,1-2H3,(H,21,24). The van der Waals surface area contributed by atoms with Gasteiger partial charge in [-0.25, -0.2) is 0 Å². The fourth-order valence-electron chi connectivity index (χ4n) is 2.84. The number of aromatic nitrogens is 1. The minimum Gasteiger partial charge on any atom is -0.504 e. The van der Waals surface area contributed by atoms with Gasteiger partial charge in [0.2, 0.25) is 0 Å². The van der Waals surface area contributed by atoms with Crippen LogP contribution in [-0.2, 0) is 16.1 Å². The van der Waals surface area contributed by atoms with E-state index in [1.54, 1.807) is 38.4 Å². The normalized spacial score (nSPS) is 13.6. The minimum absolute atomic E-state index is 0.00211. The van der Waals surface area contributed by atoms with Gasteiger partial charge in [-0.1, -0.05) is 6.07 Å². The van der Waals surface area contributed by atoms with Crippen molar-refractivity contribution in [2.45, 2.75) is 26.4 Å². The molecule has 0 spiro atoms. The quantitative estimate of drug-likeness (QED) is 0.800. The number of hydrogen-bond donors (Lipinski definition) is 2. The summed E-state index contributed by atoms with van der Waals surface area (Å²) in [6, 6.07) is 7.02. The van der Waals surface area contributed by atoms with Crippen molar-refractivity contribution in [3.63, 3.8) is 0 Å². The summed E-state index contributed by atoms with van der Waals surface area (Å²) in [5.74, 6) is -0.906. The number of carbonyl (C=O) groups is 2. The first kappa shape index (κ1) is 17.7. The van der Waals surface area contributed by atoms with Crippen molar-refractivity contribution in [2.24, 2.45) is 0 Å². The smallest absolute Gasteiger partial charge is 0.312 e. The maximum absolute atomic E-state index is 12.4. The van der Waals surface area contributed by atoms with Crippen molar-refractivity contribution in [1.82, 2.24) is 15.2 Å². The highest BCUT2D eigenvalue weighted by Gasteiger charge is 2.27. The average molecular weight is 355 g/mol. The van der Waals surface area contributed by atoms with Crippen molar-refractivity contribution in [3.8, 4) is 22.6 Å². The molecule has 1 aromatic carbocycles. The Hall–Kier alpha value is -3.09. The molecule has 2 heterocycles. The topological polar surface area (TPSA) is 91.8 Å². The predicted octanol–water partition coefficient (Wildman–Crippen LogP) is 1.70. The highest BCUT2D eigenvalue weighted by molar-refractivity contribution is 6.35. The fourth-order valence-corrected chi connectivity index (χ4v) is 2.84. The van der Waals surface area contributed by atoms with Gasteiger partial charge >= 0.3 is 11.8 Å². The summed E-state index contributed by atoms with van der Waals surface area (Å²) in [5, 5.41) is 13.0. The first-order chi connectivity index (χ1) is 12.5. The fraction of sp³-hybridized carbons (Fsp3) is 0.316. The Morgan fingerprint density at radius 2 is 2.12 bits per heavy atom. The van der Waals surface area contributed by atoms with E-state index in [2.05, 4.69) is 10.3 Å². The van der Waals surface area contributed by atoms with Crippen LogP contribution in [0.25, 0.3) is 11.1 Å². The Bertz CT molecular complexity index is 821. The molecule has 0 radical (unpaired) electrons. The van der Waals surface area contributed by atoms with Crippen molar-refractivity contribution < 1.29 is 19.4 Å². The summed E-state index contributed by atoms with van der Waals surface area (Å²) in [6.07, 6.45) is 3.36. The monoisotopic (exact) mass is 355 g/mol. The molecule has 0 unspecified atom stereocenters. The van der Waals surface area contributed by atoms with E-state index in [1.807, 2.05) is 12.1 Å². The van der Waals surface area contributed by atoms with Gasteiger partial charge in [0.25, 0.3) is 0 Å². The second kappa shape index (κ2) is 7.43. The van der Waals surface area contributed by atoms with Gasteiger partial charge < -0.3 is 20.1 Å². The number of rotatable bonds is 2. The van der Waals surface area contributed by atoms with E-state index in [1.165, 1.54) is 4.90 Å². The Kier molecular flexibility index (Phi) is 5.06. The molecule has 0 saturated heterocycles. The van der Waals surface area contributed by atoms with Crippen LogP contribution in [0.4, 0.5) is 0 Å². The molecule has 0 bridgehead atoms. The third-order valence-corrected chi connectivity index (χ3v) is 4.01. The SMILES string of the molecule is CC(C)NC(=O)C(=O)N1CCOc2c(O)cc(-c3cccnc3)cc2C1. The number of benzene rings is 1. The van der Waals surface area contributed by atoms with Gasteiger partial charge in [0, 0.05) is 29.6 Å². The van der Waals surface area contributed by atoms with Gasteiger partial charge in [0.1, 0.15) is 6.61 Å². The lowest BCUT2D eigenvalue weighted by molar-refractivity contribution is -0.146. The van der Waals surface area contributed by atoms with Crippen molar-refractivity contribution in [3.05, 3.63) is 42.2 Å². The van der Waals surface area contributed by atoms with E-state index in [0.717, 1.165) is 11.1 Å². The van der Waals surface area contributed by atoms with Crippen molar-refractivity contribution >= 4 is 11.8 Å². The molecule has 0 aliphatic carbocycles. The second-order valence-corrected chi connectivity index (χ2v) is 6.43. The zero-order valence-corrected chi connectivity index (χ0v) is 14.7. The van der Waals surface area contributed by atoms with E-state index in [4.69, 9.17) is 4.74 Å². The largest absolute Gasteiger partial charge is 0.504 e. The van der Waals surface area contributed by atoms with Crippen LogP contribution in [0.1, 0.15) is 19.4 Å². The van der Waals surface area contributed by atoms with Crippen LogP contribution >= 0.6 is 0 Å². The van der Waals surface area contributed by atoms with E-state index in [9.17, 15) is 14.7 Å². The first-order valence-electron chi connectivity index (χ1n) is 8.44. The lowest BCUT2D eigenvalue weighted by Crippen LogP contribution is -2.45. The van der Waals surface area contributed by atoms with Crippen LogP contribution in [0, 0.1) is 0 Å². The average Bonchev–Trinajstić information content (AvgIpc) is 2.84. The van der Waals surface area contributed by atoms with Crippen molar-refractivity contribution in [2.75, 3.05) is 13.2 Å². The summed E-state index contributed by atoms with van der Waals surface area (Å²) in [7, 11) is 0. The van der Waals surface area contributed by atoms with Crippen molar-refractivity contribution in [1.29, 1.82) is 0 Å². The van der Waals surface area contributed by atoms with E-state index >= 15 is 0 Å². The molecule has 2 aromatic rings. The number of carbonyl (C=O) groups excluding carboxylic acids is 2. The number of pyridine rings is 1. The molecular formula is C19H21N3O4. The lowest BCUT2D eigenvalue weighted by atomic mass is 10.0. The third kappa shape index (κ3) is 3.77. The van der Waals surface area contributed by atoms with E-state index < -0.39 is 11.8 Å². The molecular weight excluding hydrogens is 334 g/mol. The van der Waals surface area contributed by atoms with E-state index in [-0.39, 0.29) is 31.5 Å². The molecule has 2 N–H and O–H groups in total. The number of ether oxygens (including phenoxy) is 1. The zero-order valence-electron chi connectivity index (χ0n) is 14.7. The molecule has 0 atom stereocenters. The number of phenolic OH excluding ortho intramolecular Hbond substituents is 1. The number of fused-ring (bicyclic) bond motifs is 1. The molecule has 2 amide bonds. The number of phenols is 1. The van der Waals surface area contributed by atoms with E-state index in [0.29, 0.717) is 11.3 Å². The molecule has 136 valence electrons. The van der Waals surface area contributed by atoms with Crippen LogP contribution in [0.5, 0.6) is 11.5 Å². The molecule has 0 fully saturated rings. The number of aromatic hydroxyl groups is 1. The maximum Gasteiger partial charge on any atom is 0.312 e. The van der Waals surface area contributed by atoms with Crippen LogP contribution in [0.2, 0.25) is 0 Å². The molecule has 1 aromatic heterocycles. The number of nitrogens with one attached hydrogen (secondary N) is 1. The van der Waals surface area contributed by atoms with Gasteiger partial charge in [0.15, 0.2) is 11.5 Å². The molecule has 7 heteroatoms. The molecule has 0 saturated carbocycles. The lowest BCUT2D eigenvalue weighted by Gasteiger charge is -2.20. The van der Waals surface area contributed by atoms with Crippen LogP contribution in [-0.4, -0.2) is 46.0 Å². The first-order valence-corrected chi connectivity index (χ1v) is 8.44. The van der Waals surface area contributed by atoms with Gasteiger partial charge in [-0.15, -0.1) is 0 Å². The summed E-state index contributed by atoms with van der Waals surface area (Å²) in [6.45, 7) is 4.24. The molecule has 7 nitrogen and oxygen atoms in total. The molecule has 1 aliphatic rings. The Morgan fingerprint density at radius 1 is 1.31 bits per heavy atom. The summed E-state index contributed by atoms with van der Waals surface area (Å²) in [5.41, 5.74) is 2.25. The van der Waals surface area contributed by atoms with Crippen LogP contribution in [0.15, 0.2) is 36.7 Å². The number of nitrogens with zero attached hydrogens (tertiary/aromatic N) is 2. The highest BCUT2D eigenvalue weighted by atomic mass is 16.5. The van der Waals surface area contributed by atoms with Gasteiger partial charge in [0.05, 0.1) is 13.1 Å². The predicted molar refractivity (Wildman–Crippen MR) is 95.5 cm³/mol. The van der Waals surface area contributed by atoms with Crippen LogP contribution < -0.4 is 10.1 Å². The van der Waals surface area contributed by atoms with Gasteiger partial charge in [-0.3, -0.25) is 14.6 Å². The van der Waals surface area contributed by atoms with Gasteiger partial charge in [-0.05, 0) is 37.6 Å². The number of amides is 2. The minimum atomic E-state index is -0.643. The third-order valence-electron chi connectivity index (χ3n) is 4.01. The molecule has 26 heavy (non-hydrogen) atoms.